The Morgan fingerprint density at radius 2 is 2.31 bits per heavy atom. The molecule has 0 unspecified atom stereocenters. The molecule has 0 aliphatic heterocycles. The van der Waals surface area contributed by atoms with Crippen LogP contribution in [0, 0.1) is 0 Å². The summed E-state index contributed by atoms with van der Waals surface area (Å²) in [6.07, 6.45) is 0. The summed E-state index contributed by atoms with van der Waals surface area (Å²) in [6.45, 7) is 2.20. The maximum Gasteiger partial charge on any atom is 0.322 e. The number of carbonyl (C=O) groups is 1. The fourth-order valence-corrected chi connectivity index (χ4v) is 1.39. The number of aromatic hydroxyl groups is 1. The molecule has 1 aromatic carbocycles. The molecule has 1 atom stereocenters. The third kappa shape index (κ3) is 3.40. The van der Waals surface area contributed by atoms with Crippen LogP contribution in [0.5, 0.6) is 5.75 Å². The maximum absolute atomic E-state index is 11.1. The monoisotopic (exact) mass is 243 g/mol. The normalized spacial score (nSPS) is 12.2. The molecule has 0 aliphatic carbocycles. The van der Waals surface area contributed by atoms with E-state index in [0.717, 1.165) is 5.56 Å². The molecule has 0 aliphatic rings. The lowest BCUT2D eigenvalue weighted by atomic mass is 10.2. The molecule has 0 radical (unpaired) electrons. The molecule has 1 rings (SSSR count). The van der Waals surface area contributed by atoms with Crippen molar-refractivity contribution in [3.8, 4) is 5.75 Å². The number of halogens is 1. The number of carbonyl (C=O) groups excluding carboxylic acids is 1. The molecule has 0 amide bonds. The Kier molecular flexibility index (Phi) is 4.58. The van der Waals surface area contributed by atoms with Gasteiger partial charge in [0.25, 0.3) is 0 Å². The smallest absolute Gasteiger partial charge is 0.322 e. The average molecular weight is 244 g/mol. The van der Waals surface area contributed by atoms with E-state index >= 15 is 0 Å². The van der Waals surface area contributed by atoms with Gasteiger partial charge in [0.1, 0.15) is 11.8 Å². The summed E-state index contributed by atoms with van der Waals surface area (Å²) in [7, 11) is 1.35. The first-order chi connectivity index (χ1) is 7.54. The lowest BCUT2D eigenvalue weighted by Crippen LogP contribution is -2.34. The van der Waals surface area contributed by atoms with Crippen molar-refractivity contribution in [3.05, 3.63) is 28.8 Å². The van der Waals surface area contributed by atoms with E-state index in [-0.39, 0.29) is 17.8 Å². The van der Waals surface area contributed by atoms with E-state index in [2.05, 4.69) is 10.1 Å². The fourth-order valence-electron chi connectivity index (χ4n) is 1.19. The standard InChI is InChI=1S/C11H14ClNO3/c1-7(11(15)16-2)13-6-8-3-4-10(14)9(12)5-8/h3-5,7,13-14H,6H2,1-2H3/t7-/m0/s1. The molecule has 0 aromatic heterocycles. The summed E-state index contributed by atoms with van der Waals surface area (Å²) in [5.41, 5.74) is 0.888. The van der Waals surface area contributed by atoms with Crippen LogP contribution in [0.25, 0.3) is 0 Å². The van der Waals surface area contributed by atoms with Gasteiger partial charge in [-0.3, -0.25) is 4.79 Å². The Bertz CT molecular complexity index is 381. The Balaban J connectivity index is 2.55. The number of esters is 1. The molecule has 5 heteroatoms. The van der Waals surface area contributed by atoms with E-state index in [1.165, 1.54) is 13.2 Å². The zero-order chi connectivity index (χ0) is 12.1. The van der Waals surface area contributed by atoms with E-state index in [0.29, 0.717) is 11.6 Å². The zero-order valence-electron chi connectivity index (χ0n) is 9.16. The lowest BCUT2D eigenvalue weighted by molar-refractivity contribution is -0.142. The van der Waals surface area contributed by atoms with Gasteiger partial charge in [-0.05, 0) is 24.6 Å². The minimum Gasteiger partial charge on any atom is -0.506 e. The van der Waals surface area contributed by atoms with Crippen molar-refractivity contribution in [2.45, 2.75) is 19.5 Å². The van der Waals surface area contributed by atoms with Crippen molar-refractivity contribution >= 4 is 17.6 Å². The summed E-state index contributed by atoms with van der Waals surface area (Å²) in [6, 6.07) is 4.52. The molecule has 1 aromatic rings. The summed E-state index contributed by atoms with van der Waals surface area (Å²) < 4.78 is 4.58. The third-order valence-electron chi connectivity index (χ3n) is 2.18. The first-order valence-corrected chi connectivity index (χ1v) is 5.21. The number of methoxy groups -OCH3 is 1. The topological polar surface area (TPSA) is 58.6 Å². The molecule has 0 fully saturated rings. The number of nitrogens with one attached hydrogen (secondary N) is 1. The zero-order valence-corrected chi connectivity index (χ0v) is 9.91. The molecule has 16 heavy (non-hydrogen) atoms. The maximum atomic E-state index is 11.1. The van der Waals surface area contributed by atoms with Crippen LogP contribution in [-0.2, 0) is 16.1 Å². The first kappa shape index (κ1) is 12.8. The Morgan fingerprint density at radius 3 is 2.88 bits per heavy atom. The minimum atomic E-state index is -0.377. The Labute approximate surface area is 99.2 Å². The largest absolute Gasteiger partial charge is 0.506 e. The molecule has 0 heterocycles. The number of benzene rings is 1. The highest BCUT2D eigenvalue weighted by Crippen LogP contribution is 2.23. The fraction of sp³-hybridized carbons (Fsp3) is 0.364. The Morgan fingerprint density at radius 1 is 1.62 bits per heavy atom. The van der Waals surface area contributed by atoms with Crippen LogP contribution in [0.3, 0.4) is 0 Å². The molecule has 0 saturated carbocycles. The number of hydrogen-bond acceptors (Lipinski definition) is 4. The molecular weight excluding hydrogens is 230 g/mol. The molecule has 0 saturated heterocycles. The molecular formula is C11H14ClNO3. The van der Waals surface area contributed by atoms with Gasteiger partial charge in [-0.1, -0.05) is 17.7 Å². The molecule has 4 nitrogen and oxygen atoms in total. The highest BCUT2D eigenvalue weighted by atomic mass is 35.5. The van der Waals surface area contributed by atoms with Gasteiger partial charge < -0.3 is 15.2 Å². The van der Waals surface area contributed by atoms with Crippen LogP contribution in [0.15, 0.2) is 18.2 Å². The highest BCUT2D eigenvalue weighted by molar-refractivity contribution is 6.32. The summed E-state index contributed by atoms with van der Waals surface area (Å²) in [4.78, 5) is 11.1. The molecule has 0 bridgehead atoms. The van der Waals surface area contributed by atoms with E-state index in [9.17, 15) is 9.90 Å². The number of phenols is 1. The predicted molar refractivity (Wildman–Crippen MR) is 61.4 cm³/mol. The van der Waals surface area contributed by atoms with Crippen LogP contribution in [0.1, 0.15) is 12.5 Å². The van der Waals surface area contributed by atoms with Crippen molar-refractivity contribution in [2.75, 3.05) is 7.11 Å². The lowest BCUT2D eigenvalue weighted by Gasteiger charge is -2.11. The molecule has 2 N–H and O–H groups in total. The van der Waals surface area contributed by atoms with Crippen LogP contribution in [-0.4, -0.2) is 24.2 Å². The van der Waals surface area contributed by atoms with Gasteiger partial charge >= 0.3 is 5.97 Å². The van der Waals surface area contributed by atoms with Gasteiger partial charge in [0.05, 0.1) is 12.1 Å². The molecule has 0 spiro atoms. The van der Waals surface area contributed by atoms with Crippen molar-refractivity contribution in [2.24, 2.45) is 0 Å². The second-order valence-electron chi connectivity index (χ2n) is 3.41. The van der Waals surface area contributed by atoms with Crippen molar-refractivity contribution in [3.63, 3.8) is 0 Å². The SMILES string of the molecule is COC(=O)[C@H](C)NCc1ccc(O)c(Cl)c1. The van der Waals surface area contributed by atoms with Gasteiger partial charge in [-0.15, -0.1) is 0 Å². The van der Waals surface area contributed by atoms with E-state index in [1.54, 1.807) is 19.1 Å². The van der Waals surface area contributed by atoms with E-state index in [1.807, 2.05) is 0 Å². The van der Waals surface area contributed by atoms with E-state index < -0.39 is 0 Å². The van der Waals surface area contributed by atoms with Crippen LogP contribution >= 0.6 is 11.6 Å². The van der Waals surface area contributed by atoms with Gasteiger partial charge in [-0.2, -0.15) is 0 Å². The second kappa shape index (κ2) is 5.72. The Hall–Kier alpha value is -1.26. The van der Waals surface area contributed by atoms with Gasteiger partial charge in [0.2, 0.25) is 0 Å². The predicted octanol–water partition coefficient (Wildman–Crippen LogP) is 1.70. The van der Waals surface area contributed by atoms with Gasteiger partial charge in [0.15, 0.2) is 0 Å². The number of ether oxygens (including phenoxy) is 1. The summed E-state index contributed by atoms with van der Waals surface area (Å²) >= 11 is 5.75. The van der Waals surface area contributed by atoms with Gasteiger partial charge in [0, 0.05) is 6.54 Å². The van der Waals surface area contributed by atoms with E-state index in [4.69, 9.17) is 11.6 Å². The number of phenolic OH excluding ortho intramolecular Hbond substituents is 1. The molecule has 88 valence electrons. The third-order valence-corrected chi connectivity index (χ3v) is 2.48. The number of hydrogen-bond donors (Lipinski definition) is 2. The van der Waals surface area contributed by atoms with Crippen molar-refractivity contribution in [1.29, 1.82) is 0 Å². The van der Waals surface area contributed by atoms with Gasteiger partial charge in [-0.25, -0.2) is 0 Å². The number of rotatable bonds is 4. The second-order valence-corrected chi connectivity index (χ2v) is 3.82. The quantitative estimate of drug-likeness (QED) is 0.791. The van der Waals surface area contributed by atoms with Crippen molar-refractivity contribution in [1.82, 2.24) is 5.32 Å². The van der Waals surface area contributed by atoms with Crippen LogP contribution < -0.4 is 5.32 Å². The highest BCUT2D eigenvalue weighted by Gasteiger charge is 2.11. The summed E-state index contributed by atoms with van der Waals surface area (Å²) in [5, 5.41) is 12.5. The average Bonchev–Trinajstić information content (AvgIpc) is 2.29. The first-order valence-electron chi connectivity index (χ1n) is 4.83. The van der Waals surface area contributed by atoms with Crippen LogP contribution in [0.2, 0.25) is 5.02 Å². The van der Waals surface area contributed by atoms with Crippen molar-refractivity contribution < 1.29 is 14.6 Å². The van der Waals surface area contributed by atoms with Crippen LogP contribution in [0.4, 0.5) is 0 Å². The minimum absolute atomic E-state index is 0.0476. The summed E-state index contributed by atoms with van der Waals surface area (Å²) in [5.74, 6) is -0.267.